The van der Waals surface area contributed by atoms with Crippen molar-refractivity contribution in [3.05, 3.63) is 0 Å². The molecule has 1 atom stereocenters. The molecule has 0 saturated heterocycles. The first-order valence-electron chi connectivity index (χ1n) is 6.77. The predicted molar refractivity (Wildman–Crippen MR) is 80.7 cm³/mol. The highest BCUT2D eigenvalue weighted by Crippen LogP contribution is 2.26. The second-order valence-electron chi connectivity index (χ2n) is 6.21. The van der Waals surface area contributed by atoms with E-state index in [1.54, 1.807) is 0 Å². The molecule has 0 aliphatic heterocycles. The van der Waals surface area contributed by atoms with Crippen LogP contribution in [0.1, 0.15) is 41.5 Å². The van der Waals surface area contributed by atoms with Crippen LogP contribution in [-0.2, 0) is 0 Å². The van der Waals surface area contributed by atoms with E-state index in [1.807, 2.05) is 25.8 Å². The molecule has 7 heteroatoms. The third kappa shape index (κ3) is 4.19. The van der Waals surface area contributed by atoms with Gasteiger partial charge in [-0.15, -0.1) is 0 Å². The van der Waals surface area contributed by atoms with Crippen LogP contribution in [0.2, 0.25) is 0 Å². The standard InChI is InChI=1S/C13H26N6O/c1-8(2)20-12-16-10(18-14)15-11(17-12)19(7)9(3)13(4,5)6/h8-9H,14H2,1-7H3,(H,15,16,17,18). The fourth-order valence-electron chi connectivity index (χ4n) is 1.59. The Labute approximate surface area is 120 Å². The number of nitrogen functional groups attached to an aromatic ring is 1. The molecule has 0 aliphatic rings. The van der Waals surface area contributed by atoms with Crippen molar-refractivity contribution < 1.29 is 4.74 Å². The topological polar surface area (TPSA) is 89.2 Å². The molecule has 1 unspecified atom stereocenters. The molecule has 0 spiro atoms. The molecule has 0 radical (unpaired) electrons. The molecular weight excluding hydrogens is 256 g/mol. The average Bonchev–Trinajstić information content (AvgIpc) is 2.34. The number of rotatable bonds is 5. The summed E-state index contributed by atoms with van der Waals surface area (Å²) in [6.07, 6.45) is -0.0128. The number of hydrazine groups is 1. The fraction of sp³-hybridized carbons (Fsp3) is 0.769. The highest BCUT2D eigenvalue weighted by Gasteiger charge is 2.26. The number of hydrogen-bond acceptors (Lipinski definition) is 7. The number of hydrogen-bond donors (Lipinski definition) is 2. The van der Waals surface area contributed by atoms with Gasteiger partial charge in [0.1, 0.15) is 0 Å². The summed E-state index contributed by atoms with van der Waals surface area (Å²) in [6, 6.07) is 0.508. The molecule has 1 rings (SSSR count). The van der Waals surface area contributed by atoms with Gasteiger partial charge in [-0.2, -0.15) is 15.0 Å². The molecule has 3 N–H and O–H groups in total. The van der Waals surface area contributed by atoms with Crippen LogP contribution in [0, 0.1) is 5.41 Å². The minimum atomic E-state index is -0.0128. The minimum Gasteiger partial charge on any atom is -0.461 e. The van der Waals surface area contributed by atoms with Crippen LogP contribution in [0.3, 0.4) is 0 Å². The summed E-state index contributed by atoms with van der Waals surface area (Å²) in [5, 5.41) is 0. The summed E-state index contributed by atoms with van der Waals surface area (Å²) in [5.74, 6) is 6.23. The van der Waals surface area contributed by atoms with E-state index in [4.69, 9.17) is 10.6 Å². The second kappa shape index (κ2) is 6.21. The van der Waals surface area contributed by atoms with Crippen molar-refractivity contribution >= 4 is 11.9 Å². The Kier molecular flexibility index (Phi) is 5.10. The monoisotopic (exact) mass is 282 g/mol. The predicted octanol–water partition coefficient (Wildman–Crippen LogP) is 1.82. The molecule has 0 saturated carbocycles. The largest absolute Gasteiger partial charge is 0.461 e. The molecule has 0 aromatic carbocycles. The normalized spacial score (nSPS) is 13.2. The maximum atomic E-state index is 5.53. The van der Waals surface area contributed by atoms with E-state index in [0.717, 1.165) is 0 Å². The van der Waals surface area contributed by atoms with E-state index in [0.29, 0.717) is 11.9 Å². The van der Waals surface area contributed by atoms with Crippen molar-refractivity contribution in [1.82, 2.24) is 15.0 Å². The lowest BCUT2D eigenvalue weighted by Gasteiger charge is -2.35. The van der Waals surface area contributed by atoms with Crippen LogP contribution in [-0.4, -0.2) is 34.1 Å². The van der Waals surface area contributed by atoms with Gasteiger partial charge in [0, 0.05) is 13.1 Å². The maximum Gasteiger partial charge on any atom is 0.323 e. The maximum absolute atomic E-state index is 5.53. The summed E-state index contributed by atoms with van der Waals surface area (Å²) >= 11 is 0. The zero-order valence-corrected chi connectivity index (χ0v) is 13.4. The third-order valence-electron chi connectivity index (χ3n) is 3.22. The number of ether oxygens (including phenoxy) is 1. The Morgan fingerprint density at radius 2 is 1.75 bits per heavy atom. The quantitative estimate of drug-likeness (QED) is 0.629. The lowest BCUT2D eigenvalue weighted by atomic mass is 9.87. The fourth-order valence-corrected chi connectivity index (χ4v) is 1.59. The summed E-state index contributed by atoms with van der Waals surface area (Å²) in [7, 11) is 1.95. The Morgan fingerprint density at radius 3 is 2.20 bits per heavy atom. The number of nitrogens with zero attached hydrogens (tertiary/aromatic N) is 4. The first kappa shape index (κ1) is 16.4. The van der Waals surface area contributed by atoms with Crippen molar-refractivity contribution in [3.63, 3.8) is 0 Å². The summed E-state index contributed by atoms with van der Waals surface area (Å²) in [5.41, 5.74) is 2.54. The van der Waals surface area contributed by atoms with Crippen LogP contribution < -0.4 is 20.9 Å². The molecule has 1 heterocycles. The Bertz CT molecular complexity index is 443. The molecule has 1 aromatic rings. The molecule has 0 aliphatic carbocycles. The number of nitrogens with one attached hydrogen (secondary N) is 1. The van der Waals surface area contributed by atoms with Gasteiger partial charge in [0.25, 0.3) is 0 Å². The van der Waals surface area contributed by atoms with E-state index in [-0.39, 0.29) is 23.6 Å². The molecule has 1 aromatic heterocycles. The van der Waals surface area contributed by atoms with Gasteiger partial charge in [-0.05, 0) is 26.2 Å². The zero-order chi connectivity index (χ0) is 15.5. The lowest BCUT2D eigenvalue weighted by molar-refractivity contribution is 0.221. The first-order valence-corrected chi connectivity index (χ1v) is 6.77. The van der Waals surface area contributed by atoms with Crippen molar-refractivity contribution in [2.24, 2.45) is 11.3 Å². The van der Waals surface area contributed by atoms with Crippen LogP contribution in [0.25, 0.3) is 0 Å². The summed E-state index contributed by atoms with van der Waals surface area (Å²) < 4.78 is 5.53. The van der Waals surface area contributed by atoms with E-state index in [9.17, 15) is 0 Å². The summed E-state index contributed by atoms with van der Waals surface area (Å²) in [6.45, 7) is 12.5. The van der Waals surface area contributed by atoms with Crippen LogP contribution in [0.4, 0.5) is 11.9 Å². The van der Waals surface area contributed by atoms with Gasteiger partial charge in [0.15, 0.2) is 0 Å². The number of nitrogens with two attached hydrogens (primary N) is 1. The molecule has 0 bridgehead atoms. The van der Waals surface area contributed by atoms with Gasteiger partial charge in [0.2, 0.25) is 11.9 Å². The van der Waals surface area contributed by atoms with E-state index < -0.39 is 0 Å². The smallest absolute Gasteiger partial charge is 0.323 e. The Morgan fingerprint density at radius 1 is 1.15 bits per heavy atom. The highest BCUT2D eigenvalue weighted by atomic mass is 16.5. The molecule has 114 valence electrons. The Balaban J connectivity index is 3.10. The van der Waals surface area contributed by atoms with Crippen LogP contribution in [0.5, 0.6) is 6.01 Å². The van der Waals surface area contributed by atoms with Gasteiger partial charge < -0.3 is 9.64 Å². The number of anilines is 2. The molecule has 7 nitrogen and oxygen atoms in total. The summed E-state index contributed by atoms with van der Waals surface area (Å²) in [4.78, 5) is 14.7. The van der Waals surface area contributed by atoms with Gasteiger partial charge in [-0.3, -0.25) is 5.43 Å². The van der Waals surface area contributed by atoms with Gasteiger partial charge in [-0.1, -0.05) is 20.8 Å². The van der Waals surface area contributed by atoms with E-state index in [1.165, 1.54) is 0 Å². The van der Waals surface area contributed by atoms with Crippen molar-refractivity contribution in [2.45, 2.75) is 53.7 Å². The lowest BCUT2D eigenvalue weighted by Crippen LogP contribution is -2.40. The third-order valence-corrected chi connectivity index (χ3v) is 3.22. The number of aromatic nitrogens is 3. The second-order valence-corrected chi connectivity index (χ2v) is 6.21. The molecule has 20 heavy (non-hydrogen) atoms. The Hall–Kier alpha value is -1.63. The van der Waals surface area contributed by atoms with E-state index >= 15 is 0 Å². The van der Waals surface area contributed by atoms with Gasteiger partial charge in [0.05, 0.1) is 6.10 Å². The molecule has 0 fully saturated rings. The van der Waals surface area contributed by atoms with Crippen molar-refractivity contribution in [3.8, 4) is 6.01 Å². The first-order chi connectivity index (χ1) is 9.15. The minimum absolute atomic E-state index is 0.0128. The SMILES string of the molecule is CC(C)Oc1nc(NN)nc(N(C)C(C)C(C)(C)C)n1. The zero-order valence-electron chi connectivity index (χ0n) is 13.4. The highest BCUT2D eigenvalue weighted by molar-refractivity contribution is 5.38. The van der Waals surface area contributed by atoms with Crippen molar-refractivity contribution in [2.75, 3.05) is 17.4 Å². The van der Waals surface area contributed by atoms with E-state index in [2.05, 4.69) is 48.1 Å². The van der Waals surface area contributed by atoms with Gasteiger partial charge in [-0.25, -0.2) is 5.84 Å². The van der Waals surface area contributed by atoms with Crippen LogP contribution >= 0.6 is 0 Å². The average molecular weight is 282 g/mol. The van der Waals surface area contributed by atoms with Crippen LogP contribution in [0.15, 0.2) is 0 Å². The molecule has 0 amide bonds. The van der Waals surface area contributed by atoms with Crippen molar-refractivity contribution in [1.29, 1.82) is 0 Å². The molecular formula is C13H26N6O. The van der Waals surface area contributed by atoms with Gasteiger partial charge >= 0.3 is 6.01 Å².